The number of phosphoric ester groups is 3. The molecule has 13 nitrogen and oxygen atoms in total. The molecule has 3 N–H and O–H groups in total. The van der Waals surface area contributed by atoms with Gasteiger partial charge < -0.3 is 13.6 Å². The lowest BCUT2D eigenvalue weighted by molar-refractivity contribution is 0.180. The van der Waals surface area contributed by atoms with Gasteiger partial charge in [-0.25, -0.2) is 18.3 Å². The van der Waals surface area contributed by atoms with E-state index < -0.39 is 31.3 Å². The molecule has 26 heavy (non-hydrogen) atoms. The Morgan fingerprint density at radius 3 is 1.00 bits per heavy atom. The molecule has 0 heterocycles. The van der Waals surface area contributed by atoms with Crippen LogP contribution in [0.25, 0.3) is 0 Å². The average Bonchev–Trinajstić information content (AvgIpc) is 2.46. The Morgan fingerprint density at radius 2 is 0.808 bits per heavy atom. The molecule has 0 aliphatic heterocycles. The molecule has 0 spiro atoms. The lowest BCUT2D eigenvalue weighted by Crippen LogP contribution is -2.00. The van der Waals surface area contributed by atoms with Crippen LogP contribution in [0.3, 0.4) is 0 Å². The summed E-state index contributed by atoms with van der Waals surface area (Å²) in [5, 5.41) is 0. The first-order chi connectivity index (χ1) is 11.8. The highest BCUT2D eigenvalue weighted by Gasteiger charge is 2.50. The third kappa shape index (κ3) is 11.1. The number of rotatable bonds is 12. The summed E-state index contributed by atoms with van der Waals surface area (Å²) < 4.78 is 72.0. The molecule has 0 radical (unpaired) electrons. The van der Waals surface area contributed by atoms with Crippen LogP contribution in [0.15, 0.2) is 37.0 Å². The standard InChI is InChI=1S/C9H18O13P4/c1-4-7-17-23(10,11)20-26(16,21-24(12,13)18-8-5-2)22-25(14,15)19-9-6-3/h4-9H,1-3H3,(H,10,11)(H,12,13)(H,14,15)/b7-4+,8-5+,9-6+. The van der Waals surface area contributed by atoms with Gasteiger partial charge in [0.1, 0.15) is 0 Å². The van der Waals surface area contributed by atoms with Crippen molar-refractivity contribution in [3.63, 3.8) is 0 Å². The summed E-state index contributed by atoms with van der Waals surface area (Å²) in [6.07, 6.45) is 5.35. The van der Waals surface area contributed by atoms with Crippen LogP contribution in [0.1, 0.15) is 20.8 Å². The molecule has 0 amide bonds. The first-order valence-electron chi connectivity index (χ1n) is 6.41. The minimum atomic E-state index is -5.72. The van der Waals surface area contributed by atoms with Crippen molar-refractivity contribution < 1.29 is 59.4 Å². The minimum absolute atomic E-state index is 0.648. The predicted octanol–water partition coefficient (Wildman–Crippen LogP) is 4.10. The molecule has 152 valence electrons. The fraction of sp³-hybridized carbons (Fsp3) is 0.333. The smallest absolute Gasteiger partial charge is 0.412 e. The van der Waals surface area contributed by atoms with Gasteiger partial charge in [0.2, 0.25) is 0 Å². The Balaban J connectivity index is 5.71. The maximum absolute atomic E-state index is 12.4. The van der Waals surface area contributed by atoms with Crippen LogP contribution >= 0.6 is 31.3 Å². The van der Waals surface area contributed by atoms with Crippen LogP contribution in [0.5, 0.6) is 0 Å². The molecule has 0 aliphatic carbocycles. The van der Waals surface area contributed by atoms with E-state index in [0.717, 1.165) is 18.2 Å². The minimum Gasteiger partial charge on any atom is -0.412 e. The number of allylic oxidation sites excluding steroid dienone is 3. The molecule has 0 saturated heterocycles. The van der Waals surface area contributed by atoms with Gasteiger partial charge in [-0.1, -0.05) is 18.2 Å². The van der Waals surface area contributed by atoms with Crippen molar-refractivity contribution in [1.29, 1.82) is 0 Å². The van der Waals surface area contributed by atoms with Crippen molar-refractivity contribution in [3.8, 4) is 0 Å². The maximum atomic E-state index is 12.4. The van der Waals surface area contributed by atoms with E-state index in [-0.39, 0.29) is 0 Å². The number of hydrogen-bond donors (Lipinski definition) is 3. The Hall–Kier alpha value is -0.700. The van der Waals surface area contributed by atoms with Gasteiger partial charge >= 0.3 is 31.3 Å². The Kier molecular flexibility index (Phi) is 10.3. The molecule has 0 aliphatic rings. The first kappa shape index (κ1) is 25.3. The zero-order valence-corrected chi connectivity index (χ0v) is 17.3. The fourth-order valence-corrected chi connectivity index (χ4v) is 6.38. The van der Waals surface area contributed by atoms with E-state index in [1.807, 2.05) is 0 Å². The van der Waals surface area contributed by atoms with E-state index in [4.69, 9.17) is 0 Å². The normalized spacial score (nSPS) is 21.8. The Morgan fingerprint density at radius 1 is 0.577 bits per heavy atom. The van der Waals surface area contributed by atoms with E-state index >= 15 is 0 Å². The van der Waals surface area contributed by atoms with Crippen LogP contribution < -0.4 is 0 Å². The van der Waals surface area contributed by atoms with Gasteiger partial charge in [0.05, 0.1) is 18.8 Å². The highest BCUT2D eigenvalue weighted by atomic mass is 31.3. The van der Waals surface area contributed by atoms with Gasteiger partial charge in [0.15, 0.2) is 0 Å². The summed E-state index contributed by atoms with van der Waals surface area (Å²) >= 11 is 0. The summed E-state index contributed by atoms with van der Waals surface area (Å²) in [4.78, 5) is 28.2. The Bertz CT molecular complexity index is 630. The molecule has 0 bridgehead atoms. The molecule has 0 fully saturated rings. The van der Waals surface area contributed by atoms with E-state index in [1.54, 1.807) is 0 Å². The first-order valence-corrected chi connectivity index (χ1v) is 12.4. The van der Waals surface area contributed by atoms with E-state index in [2.05, 4.69) is 26.5 Å². The summed E-state index contributed by atoms with van der Waals surface area (Å²) in [5.41, 5.74) is 0. The molecular weight excluding hydrogens is 440 g/mol. The van der Waals surface area contributed by atoms with Crippen LogP contribution in [-0.4, -0.2) is 14.7 Å². The average molecular weight is 458 g/mol. The van der Waals surface area contributed by atoms with Crippen molar-refractivity contribution in [2.75, 3.05) is 0 Å². The monoisotopic (exact) mass is 458 g/mol. The summed E-state index contributed by atoms with van der Waals surface area (Å²) in [7, 11) is -21.5. The lowest BCUT2D eigenvalue weighted by atomic mass is 10.8. The van der Waals surface area contributed by atoms with E-state index in [1.165, 1.54) is 20.8 Å². The predicted molar refractivity (Wildman–Crippen MR) is 88.0 cm³/mol. The number of phosphoric acid groups is 4. The second kappa shape index (κ2) is 10.6. The molecule has 0 aromatic rings. The second-order valence-electron chi connectivity index (χ2n) is 3.82. The lowest BCUT2D eigenvalue weighted by Gasteiger charge is -2.21. The van der Waals surface area contributed by atoms with Gasteiger partial charge in [-0.15, -0.1) is 0 Å². The van der Waals surface area contributed by atoms with Gasteiger partial charge in [-0.3, -0.25) is 14.7 Å². The van der Waals surface area contributed by atoms with Gasteiger partial charge in [-0.2, -0.15) is 12.9 Å². The third-order valence-electron chi connectivity index (χ3n) is 1.60. The quantitative estimate of drug-likeness (QED) is 0.281. The highest BCUT2D eigenvalue weighted by Crippen LogP contribution is 2.75. The largest absolute Gasteiger partial charge is 0.535 e. The molecule has 0 saturated carbocycles. The van der Waals surface area contributed by atoms with Crippen LogP contribution in [0.4, 0.5) is 0 Å². The van der Waals surface area contributed by atoms with Crippen molar-refractivity contribution >= 4 is 31.3 Å². The SMILES string of the molecule is C/C=C/OP(=O)(O)OP(=O)(OP(=O)(O)O/C=C/C)OP(=O)(O)O/C=C/C. The molecule has 3 atom stereocenters. The Labute approximate surface area is 149 Å². The highest BCUT2D eigenvalue weighted by molar-refractivity contribution is 7.71. The van der Waals surface area contributed by atoms with E-state index in [9.17, 15) is 32.9 Å². The topological polar surface area (TPSA) is 184 Å². The van der Waals surface area contributed by atoms with Gasteiger partial charge in [-0.05, 0) is 20.8 Å². The summed E-state index contributed by atoms with van der Waals surface area (Å²) in [6, 6.07) is 0. The van der Waals surface area contributed by atoms with Crippen molar-refractivity contribution in [3.05, 3.63) is 37.0 Å². The summed E-state index contributed by atoms with van der Waals surface area (Å²) in [6.45, 7) is 4.14. The van der Waals surface area contributed by atoms with Crippen molar-refractivity contribution in [1.82, 2.24) is 0 Å². The molecule has 3 unspecified atom stereocenters. The van der Waals surface area contributed by atoms with Crippen molar-refractivity contribution in [2.45, 2.75) is 20.8 Å². The molecule has 0 rings (SSSR count). The zero-order valence-electron chi connectivity index (χ0n) is 13.7. The van der Waals surface area contributed by atoms with Crippen LogP contribution in [-0.2, 0) is 44.8 Å². The van der Waals surface area contributed by atoms with Crippen LogP contribution in [0.2, 0.25) is 0 Å². The van der Waals surface area contributed by atoms with Gasteiger partial charge in [0, 0.05) is 0 Å². The second-order valence-corrected chi connectivity index (χ2v) is 10.1. The maximum Gasteiger partial charge on any atom is 0.535 e. The third-order valence-corrected chi connectivity index (χ3v) is 7.64. The zero-order chi connectivity index (χ0) is 20.5. The molecule has 0 aromatic carbocycles. The van der Waals surface area contributed by atoms with Crippen LogP contribution in [0, 0.1) is 0 Å². The van der Waals surface area contributed by atoms with E-state index in [0.29, 0.717) is 18.8 Å². The molecular formula is C9H18O13P4. The molecule has 0 aromatic heterocycles. The summed E-state index contributed by atoms with van der Waals surface area (Å²) in [5.74, 6) is 0. The molecule has 17 heteroatoms. The fourth-order valence-electron chi connectivity index (χ4n) is 0.895. The van der Waals surface area contributed by atoms with Gasteiger partial charge in [0.25, 0.3) is 0 Å². The van der Waals surface area contributed by atoms with Crippen molar-refractivity contribution in [2.24, 2.45) is 0 Å². The number of hydrogen-bond acceptors (Lipinski definition) is 10.